The van der Waals surface area contributed by atoms with Gasteiger partial charge in [0, 0.05) is 17.7 Å². The first-order valence-electron chi connectivity index (χ1n) is 7.55. The molecule has 108 valence electrons. The number of amides is 2. The Hall–Kier alpha value is -1.12. The minimum Gasteiger partial charge on any atom is -0.270 e. The second kappa shape index (κ2) is 7.46. The van der Waals surface area contributed by atoms with Gasteiger partial charge in [0.1, 0.15) is 0 Å². The molecule has 0 aromatic rings. The third-order valence-corrected chi connectivity index (χ3v) is 3.81. The third kappa shape index (κ3) is 4.81. The van der Waals surface area contributed by atoms with Crippen LogP contribution < -0.4 is 0 Å². The van der Waals surface area contributed by atoms with Crippen LogP contribution in [-0.2, 0) is 9.59 Å². The van der Waals surface area contributed by atoms with Gasteiger partial charge >= 0.3 is 0 Å². The molecule has 3 nitrogen and oxygen atoms in total. The van der Waals surface area contributed by atoms with E-state index in [0.29, 0.717) is 0 Å². The minimum atomic E-state index is -0.360. The molecule has 1 heterocycles. The van der Waals surface area contributed by atoms with Gasteiger partial charge in [0.2, 0.25) is 0 Å². The van der Waals surface area contributed by atoms with Gasteiger partial charge in [-0.3, -0.25) is 14.5 Å². The number of carbonyl (C=O) groups is 2. The van der Waals surface area contributed by atoms with Crippen LogP contribution >= 0.6 is 0 Å². The lowest BCUT2D eigenvalue weighted by Gasteiger charge is -2.34. The van der Waals surface area contributed by atoms with E-state index >= 15 is 0 Å². The fraction of sp³-hybridized carbons (Fsp3) is 0.750. The van der Waals surface area contributed by atoms with Crippen molar-refractivity contribution in [2.24, 2.45) is 0 Å². The van der Waals surface area contributed by atoms with E-state index in [-0.39, 0.29) is 17.4 Å². The lowest BCUT2D eigenvalue weighted by atomic mass is 9.94. The van der Waals surface area contributed by atoms with Gasteiger partial charge < -0.3 is 0 Å². The Balaban J connectivity index is 2.24. The highest BCUT2D eigenvalue weighted by Crippen LogP contribution is 2.25. The predicted molar refractivity (Wildman–Crippen MR) is 77.7 cm³/mol. The van der Waals surface area contributed by atoms with E-state index in [2.05, 4.69) is 6.92 Å². The number of hydrogen-bond acceptors (Lipinski definition) is 2. The molecule has 1 aliphatic rings. The van der Waals surface area contributed by atoms with Gasteiger partial charge in [-0.05, 0) is 20.3 Å². The number of unbranched alkanes of at least 4 members (excludes halogenated alkanes) is 6. The molecule has 0 atom stereocenters. The summed E-state index contributed by atoms with van der Waals surface area (Å²) in [6.07, 6.45) is 12.4. The highest BCUT2D eigenvalue weighted by Gasteiger charge is 2.36. The van der Waals surface area contributed by atoms with Crippen molar-refractivity contribution >= 4 is 11.8 Å². The van der Waals surface area contributed by atoms with Crippen LogP contribution in [0.5, 0.6) is 0 Å². The first kappa shape index (κ1) is 15.9. The summed E-state index contributed by atoms with van der Waals surface area (Å²) in [5.41, 5.74) is -0.360. The molecule has 0 spiro atoms. The molecule has 0 radical (unpaired) electrons. The number of nitrogens with zero attached hydrogens (tertiary/aromatic N) is 1. The van der Waals surface area contributed by atoms with Crippen molar-refractivity contribution in [1.29, 1.82) is 0 Å². The second-order valence-electron chi connectivity index (χ2n) is 6.03. The molecular weight excluding hydrogens is 238 g/mol. The molecule has 1 rings (SSSR count). The maximum Gasteiger partial charge on any atom is 0.254 e. The molecule has 1 aliphatic heterocycles. The van der Waals surface area contributed by atoms with Crippen LogP contribution in [-0.4, -0.2) is 22.3 Å². The Morgan fingerprint density at radius 2 is 1.37 bits per heavy atom. The molecule has 0 aromatic heterocycles. The Morgan fingerprint density at radius 1 is 0.895 bits per heavy atom. The van der Waals surface area contributed by atoms with Crippen molar-refractivity contribution in [1.82, 2.24) is 4.90 Å². The van der Waals surface area contributed by atoms with Crippen LogP contribution in [0.2, 0.25) is 0 Å². The standard InChI is InChI=1S/C16H27NO2/c1-4-5-6-7-8-9-10-13-16(2,3)17-14(18)11-12-15(17)19/h11-12H,4-10,13H2,1-3H3. The van der Waals surface area contributed by atoms with Gasteiger partial charge in [-0.15, -0.1) is 0 Å². The lowest BCUT2D eigenvalue weighted by molar-refractivity contribution is -0.143. The van der Waals surface area contributed by atoms with Crippen molar-refractivity contribution in [2.75, 3.05) is 0 Å². The molecule has 2 amide bonds. The summed E-state index contributed by atoms with van der Waals surface area (Å²) >= 11 is 0. The first-order chi connectivity index (χ1) is 8.99. The molecular formula is C16H27NO2. The Bertz CT molecular complexity index is 327. The molecule has 0 saturated carbocycles. The Labute approximate surface area is 117 Å². The number of carbonyl (C=O) groups excluding carboxylic acids is 2. The molecule has 0 fully saturated rings. The normalized spacial score (nSPS) is 15.6. The maximum atomic E-state index is 11.7. The topological polar surface area (TPSA) is 37.4 Å². The van der Waals surface area contributed by atoms with E-state index in [1.54, 1.807) is 0 Å². The summed E-state index contributed by atoms with van der Waals surface area (Å²) in [5.74, 6) is -0.337. The third-order valence-electron chi connectivity index (χ3n) is 3.81. The second-order valence-corrected chi connectivity index (χ2v) is 6.03. The van der Waals surface area contributed by atoms with Crippen LogP contribution in [0.25, 0.3) is 0 Å². The monoisotopic (exact) mass is 265 g/mol. The van der Waals surface area contributed by atoms with E-state index in [1.807, 2.05) is 13.8 Å². The van der Waals surface area contributed by atoms with Crippen LogP contribution in [0.4, 0.5) is 0 Å². The highest BCUT2D eigenvalue weighted by atomic mass is 16.2. The Morgan fingerprint density at radius 3 is 1.89 bits per heavy atom. The largest absolute Gasteiger partial charge is 0.270 e. The molecule has 0 saturated heterocycles. The van der Waals surface area contributed by atoms with E-state index in [9.17, 15) is 9.59 Å². The number of imide groups is 1. The average Bonchev–Trinajstić information content (AvgIpc) is 2.68. The highest BCUT2D eigenvalue weighted by molar-refractivity contribution is 6.13. The average molecular weight is 265 g/mol. The van der Waals surface area contributed by atoms with Crippen LogP contribution in [0, 0.1) is 0 Å². The molecule has 0 aromatic carbocycles. The van der Waals surface area contributed by atoms with Gasteiger partial charge in [-0.2, -0.15) is 0 Å². The fourth-order valence-corrected chi connectivity index (χ4v) is 2.62. The van der Waals surface area contributed by atoms with Crippen LogP contribution in [0.3, 0.4) is 0 Å². The summed E-state index contributed by atoms with van der Waals surface area (Å²) in [4.78, 5) is 24.7. The van der Waals surface area contributed by atoms with Crippen molar-refractivity contribution < 1.29 is 9.59 Å². The Kier molecular flexibility index (Phi) is 6.26. The number of hydrogen-bond donors (Lipinski definition) is 0. The van der Waals surface area contributed by atoms with E-state index in [4.69, 9.17) is 0 Å². The van der Waals surface area contributed by atoms with Crippen molar-refractivity contribution in [3.8, 4) is 0 Å². The van der Waals surface area contributed by atoms with Gasteiger partial charge in [-0.25, -0.2) is 0 Å². The van der Waals surface area contributed by atoms with Crippen molar-refractivity contribution in [3.05, 3.63) is 12.2 Å². The van der Waals surface area contributed by atoms with Gasteiger partial charge in [-0.1, -0.05) is 51.9 Å². The molecule has 3 heteroatoms. The van der Waals surface area contributed by atoms with Gasteiger partial charge in [0.15, 0.2) is 0 Å². The SMILES string of the molecule is CCCCCCCCCC(C)(C)N1C(=O)C=CC1=O. The summed E-state index contributed by atoms with van der Waals surface area (Å²) in [6.45, 7) is 6.18. The summed E-state index contributed by atoms with van der Waals surface area (Å²) in [6, 6.07) is 0. The van der Waals surface area contributed by atoms with E-state index in [1.165, 1.54) is 55.6 Å². The lowest BCUT2D eigenvalue weighted by Crippen LogP contribution is -2.47. The van der Waals surface area contributed by atoms with Crippen molar-refractivity contribution in [2.45, 2.75) is 77.7 Å². The molecule has 19 heavy (non-hydrogen) atoms. The molecule has 0 unspecified atom stereocenters. The molecule has 0 aliphatic carbocycles. The zero-order valence-electron chi connectivity index (χ0n) is 12.6. The molecule has 0 bridgehead atoms. The smallest absolute Gasteiger partial charge is 0.254 e. The number of rotatable bonds is 9. The quantitative estimate of drug-likeness (QED) is 0.469. The zero-order valence-corrected chi connectivity index (χ0v) is 12.6. The van der Waals surface area contributed by atoms with Crippen LogP contribution in [0.1, 0.15) is 72.1 Å². The van der Waals surface area contributed by atoms with Gasteiger partial charge in [0.25, 0.3) is 11.8 Å². The van der Waals surface area contributed by atoms with Crippen molar-refractivity contribution in [3.63, 3.8) is 0 Å². The summed E-state index contributed by atoms with van der Waals surface area (Å²) in [7, 11) is 0. The summed E-state index contributed by atoms with van der Waals surface area (Å²) < 4.78 is 0. The zero-order chi connectivity index (χ0) is 14.3. The summed E-state index contributed by atoms with van der Waals surface area (Å²) in [5, 5.41) is 0. The first-order valence-corrected chi connectivity index (χ1v) is 7.55. The molecule has 0 N–H and O–H groups in total. The van der Waals surface area contributed by atoms with E-state index < -0.39 is 0 Å². The maximum absolute atomic E-state index is 11.7. The fourth-order valence-electron chi connectivity index (χ4n) is 2.62. The van der Waals surface area contributed by atoms with Crippen LogP contribution in [0.15, 0.2) is 12.2 Å². The minimum absolute atomic E-state index is 0.169. The van der Waals surface area contributed by atoms with Gasteiger partial charge in [0.05, 0.1) is 0 Å². The van der Waals surface area contributed by atoms with E-state index in [0.717, 1.165) is 12.8 Å². The predicted octanol–water partition coefficient (Wildman–Crippen LogP) is 3.83.